The lowest BCUT2D eigenvalue weighted by atomic mass is 10.2. The molecule has 0 radical (unpaired) electrons. The van der Waals surface area contributed by atoms with Crippen molar-refractivity contribution in [3.8, 4) is 5.75 Å². The van der Waals surface area contributed by atoms with Crippen LogP contribution in [0.3, 0.4) is 0 Å². The molecule has 0 unspecified atom stereocenters. The minimum Gasteiger partial charge on any atom is -0.506 e. The lowest BCUT2D eigenvalue weighted by Gasteiger charge is -1.99. The van der Waals surface area contributed by atoms with Crippen molar-refractivity contribution in [3.63, 3.8) is 0 Å². The Morgan fingerprint density at radius 3 is 2.82 bits per heavy atom. The third kappa shape index (κ3) is 1.84. The average Bonchev–Trinajstić information content (AvgIpc) is 1.99. The van der Waals surface area contributed by atoms with E-state index in [2.05, 4.69) is 15.9 Å². The Morgan fingerprint density at radius 2 is 2.18 bits per heavy atom. The first-order valence-corrected chi connectivity index (χ1v) is 4.15. The second-order valence-corrected chi connectivity index (χ2v) is 3.03. The van der Waals surface area contributed by atoms with Gasteiger partial charge < -0.3 is 5.11 Å². The van der Waals surface area contributed by atoms with Crippen molar-refractivity contribution in [2.45, 2.75) is 6.92 Å². The Balaban J connectivity index is 3.16. The highest BCUT2D eigenvalue weighted by molar-refractivity contribution is 9.10. The molecule has 11 heavy (non-hydrogen) atoms. The van der Waals surface area contributed by atoms with Crippen LogP contribution in [0.4, 0.5) is 0 Å². The van der Waals surface area contributed by atoms with E-state index in [0.717, 1.165) is 10.0 Å². The molecule has 0 spiro atoms. The van der Waals surface area contributed by atoms with Crippen molar-refractivity contribution in [1.82, 2.24) is 0 Å². The summed E-state index contributed by atoms with van der Waals surface area (Å²) in [5.74, 6) is 0.297. The second kappa shape index (κ2) is 3.58. The van der Waals surface area contributed by atoms with E-state index >= 15 is 0 Å². The minimum atomic E-state index is 0.297. The van der Waals surface area contributed by atoms with Crippen LogP contribution < -0.4 is 0 Å². The van der Waals surface area contributed by atoms with Gasteiger partial charge in [-0.2, -0.15) is 0 Å². The molecule has 2 heteroatoms. The summed E-state index contributed by atoms with van der Waals surface area (Å²) in [5, 5.41) is 9.43. The fraction of sp³-hybridized carbons (Fsp3) is 0.111. The highest BCUT2D eigenvalue weighted by Gasteiger charge is 1.99. The summed E-state index contributed by atoms with van der Waals surface area (Å²) in [6, 6.07) is 5.56. The smallest absolute Gasteiger partial charge is 0.136 e. The van der Waals surface area contributed by atoms with Gasteiger partial charge >= 0.3 is 0 Å². The monoisotopic (exact) mass is 212 g/mol. The maximum absolute atomic E-state index is 9.43. The predicted molar refractivity (Wildman–Crippen MR) is 50.5 cm³/mol. The molecule has 0 aromatic heterocycles. The molecular formula is C9H9BrO. The van der Waals surface area contributed by atoms with E-state index in [0.29, 0.717) is 5.75 Å². The summed E-state index contributed by atoms with van der Waals surface area (Å²) in [4.78, 5) is 0. The number of allylic oxidation sites excluding steroid dienone is 1. The Kier molecular flexibility index (Phi) is 2.71. The molecule has 0 atom stereocenters. The molecule has 1 aromatic rings. The average molecular weight is 213 g/mol. The lowest BCUT2D eigenvalue weighted by molar-refractivity contribution is 0.470. The van der Waals surface area contributed by atoms with Gasteiger partial charge in [0.15, 0.2) is 0 Å². The molecule has 1 aromatic carbocycles. The van der Waals surface area contributed by atoms with E-state index < -0.39 is 0 Å². The molecule has 0 aliphatic rings. The maximum atomic E-state index is 9.43. The number of phenols is 1. The number of hydrogen-bond donors (Lipinski definition) is 1. The van der Waals surface area contributed by atoms with Crippen molar-refractivity contribution in [1.29, 1.82) is 0 Å². The number of halogens is 1. The van der Waals surface area contributed by atoms with Crippen LogP contribution in [-0.4, -0.2) is 5.11 Å². The first-order valence-electron chi connectivity index (χ1n) is 3.36. The van der Waals surface area contributed by atoms with Crippen LogP contribution in [0.1, 0.15) is 12.5 Å². The molecule has 0 aliphatic heterocycles. The fourth-order valence-corrected chi connectivity index (χ4v) is 1.23. The summed E-state index contributed by atoms with van der Waals surface area (Å²) >= 11 is 3.23. The number of benzene rings is 1. The van der Waals surface area contributed by atoms with Gasteiger partial charge in [-0.05, 0) is 28.9 Å². The summed E-state index contributed by atoms with van der Waals surface area (Å²) in [7, 11) is 0. The van der Waals surface area contributed by atoms with Crippen molar-refractivity contribution in [3.05, 3.63) is 34.3 Å². The lowest BCUT2D eigenvalue weighted by Crippen LogP contribution is -1.74. The Morgan fingerprint density at radius 1 is 1.45 bits per heavy atom. The molecule has 0 saturated heterocycles. The molecule has 0 aliphatic carbocycles. The molecule has 0 fully saturated rings. The third-order valence-corrected chi connectivity index (χ3v) is 2.00. The van der Waals surface area contributed by atoms with Gasteiger partial charge in [0.05, 0.1) is 4.47 Å². The van der Waals surface area contributed by atoms with Gasteiger partial charge in [-0.25, -0.2) is 0 Å². The van der Waals surface area contributed by atoms with Gasteiger partial charge in [0.25, 0.3) is 0 Å². The van der Waals surface area contributed by atoms with E-state index in [1.807, 2.05) is 37.3 Å². The topological polar surface area (TPSA) is 20.2 Å². The van der Waals surface area contributed by atoms with Crippen molar-refractivity contribution in [2.75, 3.05) is 0 Å². The van der Waals surface area contributed by atoms with E-state index in [1.165, 1.54) is 0 Å². The first-order chi connectivity index (χ1) is 5.25. The summed E-state index contributed by atoms with van der Waals surface area (Å²) in [6.45, 7) is 1.92. The summed E-state index contributed by atoms with van der Waals surface area (Å²) in [5.41, 5.74) is 0.835. The van der Waals surface area contributed by atoms with Gasteiger partial charge in [-0.3, -0.25) is 0 Å². The van der Waals surface area contributed by atoms with Crippen molar-refractivity contribution < 1.29 is 5.11 Å². The Bertz CT molecular complexity index is 279. The summed E-state index contributed by atoms with van der Waals surface area (Å²) in [6.07, 6.45) is 3.75. The third-order valence-electron chi connectivity index (χ3n) is 1.36. The van der Waals surface area contributed by atoms with Gasteiger partial charge in [-0.15, -0.1) is 0 Å². The molecule has 1 rings (SSSR count). The van der Waals surface area contributed by atoms with Gasteiger partial charge in [-0.1, -0.05) is 24.3 Å². The van der Waals surface area contributed by atoms with Crippen LogP contribution in [0.25, 0.3) is 6.08 Å². The molecule has 0 amide bonds. The van der Waals surface area contributed by atoms with Gasteiger partial charge in [0.1, 0.15) is 5.75 Å². The van der Waals surface area contributed by atoms with Gasteiger partial charge in [0.2, 0.25) is 0 Å². The molecule has 58 valence electrons. The number of rotatable bonds is 1. The molecule has 1 nitrogen and oxygen atoms in total. The van der Waals surface area contributed by atoms with Crippen LogP contribution in [-0.2, 0) is 0 Å². The minimum absolute atomic E-state index is 0.297. The highest BCUT2D eigenvalue weighted by Crippen LogP contribution is 2.27. The van der Waals surface area contributed by atoms with E-state index in [1.54, 1.807) is 0 Å². The molecular weight excluding hydrogens is 204 g/mol. The van der Waals surface area contributed by atoms with Crippen molar-refractivity contribution >= 4 is 22.0 Å². The molecule has 0 saturated carbocycles. The van der Waals surface area contributed by atoms with Crippen LogP contribution in [0.5, 0.6) is 5.75 Å². The molecule has 1 N–H and O–H groups in total. The number of aromatic hydroxyl groups is 1. The normalized spacial score (nSPS) is 10.7. The van der Waals surface area contributed by atoms with Crippen LogP contribution in [0.15, 0.2) is 28.7 Å². The fourth-order valence-electron chi connectivity index (χ4n) is 0.846. The van der Waals surface area contributed by atoms with Crippen LogP contribution in [0.2, 0.25) is 0 Å². The molecule has 0 bridgehead atoms. The van der Waals surface area contributed by atoms with Crippen LogP contribution >= 0.6 is 15.9 Å². The van der Waals surface area contributed by atoms with E-state index in [9.17, 15) is 5.11 Å². The number of hydrogen-bond acceptors (Lipinski definition) is 1. The Labute approximate surface area is 74.5 Å². The zero-order valence-corrected chi connectivity index (χ0v) is 7.80. The predicted octanol–water partition coefficient (Wildman–Crippen LogP) is 3.19. The second-order valence-electron chi connectivity index (χ2n) is 2.18. The Hall–Kier alpha value is -0.760. The number of phenolic OH excluding ortho intramolecular Hbond substituents is 1. The zero-order valence-electron chi connectivity index (χ0n) is 6.21. The van der Waals surface area contributed by atoms with E-state index in [-0.39, 0.29) is 0 Å². The SMILES string of the molecule is C/C=C/c1cccc(Br)c1O. The van der Waals surface area contributed by atoms with E-state index in [4.69, 9.17) is 0 Å². The number of para-hydroxylation sites is 1. The largest absolute Gasteiger partial charge is 0.506 e. The quantitative estimate of drug-likeness (QED) is 0.759. The summed E-state index contributed by atoms with van der Waals surface area (Å²) < 4.78 is 0.730. The first kappa shape index (κ1) is 8.34. The zero-order chi connectivity index (χ0) is 8.27. The maximum Gasteiger partial charge on any atom is 0.136 e. The van der Waals surface area contributed by atoms with Crippen LogP contribution in [0, 0.1) is 0 Å². The standard InChI is InChI=1S/C9H9BrO/c1-2-4-7-5-3-6-8(10)9(7)11/h2-6,11H,1H3/b4-2+. The highest BCUT2D eigenvalue weighted by atomic mass is 79.9. The molecule has 0 heterocycles. The van der Waals surface area contributed by atoms with Gasteiger partial charge in [0, 0.05) is 5.56 Å². The van der Waals surface area contributed by atoms with Crippen molar-refractivity contribution in [2.24, 2.45) is 0 Å².